The molecular weight excluding hydrogens is 534 g/mol. The molecule has 0 aliphatic heterocycles. The maximum atomic E-state index is 6.45. The molecule has 0 bridgehead atoms. The lowest BCUT2D eigenvalue weighted by Crippen LogP contribution is -2.52. The Morgan fingerprint density at radius 1 is 0.405 bits per heavy atom. The van der Waals surface area contributed by atoms with Gasteiger partial charge in [0, 0.05) is 31.8 Å². The van der Waals surface area contributed by atoms with E-state index in [1.54, 1.807) is 0 Å². The van der Waals surface area contributed by atoms with Crippen LogP contribution in [0.4, 0.5) is 0 Å². The summed E-state index contributed by atoms with van der Waals surface area (Å²) in [6.45, 7) is 15.4. The van der Waals surface area contributed by atoms with Crippen LogP contribution in [0, 0.1) is 0 Å². The second kappa shape index (κ2) is 29.8. The van der Waals surface area contributed by atoms with Crippen molar-refractivity contribution in [2.45, 2.75) is 194 Å². The molecule has 0 spiro atoms. The van der Waals surface area contributed by atoms with Crippen molar-refractivity contribution in [2.24, 2.45) is 0 Å². The zero-order valence-electron chi connectivity index (χ0n) is 30.3. The highest BCUT2D eigenvalue weighted by Crippen LogP contribution is 2.35. The molecule has 0 saturated heterocycles. The van der Waals surface area contributed by atoms with Gasteiger partial charge in [-0.15, -0.1) is 0 Å². The van der Waals surface area contributed by atoms with E-state index in [1.165, 1.54) is 161 Å². The van der Waals surface area contributed by atoms with E-state index in [9.17, 15) is 0 Å². The van der Waals surface area contributed by atoms with Crippen LogP contribution in [0.25, 0.3) is 0 Å². The second-order valence-corrected chi connectivity index (χ2v) is 16.5. The van der Waals surface area contributed by atoms with Gasteiger partial charge in [0.2, 0.25) is 0 Å². The smallest absolute Gasteiger partial charge is 0.374 e. The molecule has 0 N–H and O–H groups in total. The summed E-state index contributed by atoms with van der Waals surface area (Å²) in [6, 6.07) is 0. The van der Waals surface area contributed by atoms with E-state index < -0.39 is 8.80 Å². The molecule has 0 aromatic heterocycles. The molecule has 0 amide bonds. The van der Waals surface area contributed by atoms with Crippen LogP contribution in [0.5, 0.6) is 0 Å². The number of quaternary nitrogens is 1. The molecule has 0 saturated carbocycles. The first kappa shape index (κ1) is 42.1. The van der Waals surface area contributed by atoms with Crippen molar-refractivity contribution < 1.29 is 17.8 Å². The first-order valence-electron chi connectivity index (χ1n) is 19.1. The Morgan fingerprint density at radius 3 is 1.10 bits per heavy atom. The molecule has 0 aromatic rings. The third kappa shape index (κ3) is 23.4. The molecule has 0 aliphatic rings. The highest BCUT2D eigenvalue weighted by atomic mass is 28.4. The van der Waals surface area contributed by atoms with Crippen molar-refractivity contribution in [3.8, 4) is 0 Å². The van der Waals surface area contributed by atoms with Crippen molar-refractivity contribution in [2.75, 3.05) is 47.0 Å². The fourth-order valence-corrected chi connectivity index (χ4v) is 9.66. The zero-order chi connectivity index (χ0) is 31.2. The standard InChI is InChI=1S/C37H80NO3Si/c1-8-13-15-17-19-21-23-24-25-27-29-31-33-37(42(39-10-3,40-11-4)41-12-5)34-36-38(6,7)35-32-30-28-26-22-20-18-16-14-9-2/h37H,8-36H2,1-7H3/q+1. The highest BCUT2D eigenvalue weighted by Gasteiger charge is 2.49. The third-order valence-corrected chi connectivity index (χ3v) is 12.8. The van der Waals surface area contributed by atoms with Gasteiger partial charge in [0.15, 0.2) is 0 Å². The molecule has 1 atom stereocenters. The van der Waals surface area contributed by atoms with Crippen LogP contribution < -0.4 is 0 Å². The van der Waals surface area contributed by atoms with E-state index in [0.29, 0.717) is 25.4 Å². The van der Waals surface area contributed by atoms with Gasteiger partial charge in [-0.1, -0.05) is 142 Å². The van der Waals surface area contributed by atoms with Gasteiger partial charge in [-0.3, -0.25) is 0 Å². The van der Waals surface area contributed by atoms with Crippen molar-refractivity contribution in [3.63, 3.8) is 0 Å². The molecule has 42 heavy (non-hydrogen) atoms. The van der Waals surface area contributed by atoms with Gasteiger partial charge in [0.1, 0.15) is 0 Å². The summed E-state index contributed by atoms with van der Waals surface area (Å²) in [4.78, 5) is 0. The Morgan fingerprint density at radius 2 is 0.738 bits per heavy atom. The van der Waals surface area contributed by atoms with Gasteiger partial charge in [0.05, 0.1) is 27.2 Å². The van der Waals surface area contributed by atoms with E-state index >= 15 is 0 Å². The Hall–Kier alpha value is 0.0569. The van der Waals surface area contributed by atoms with E-state index in [4.69, 9.17) is 13.3 Å². The van der Waals surface area contributed by atoms with Gasteiger partial charge in [-0.05, 0) is 40.0 Å². The Kier molecular flexibility index (Phi) is 29.8. The minimum atomic E-state index is -2.70. The molecule has 254 valence electrons. The van der Waals surface area contributed by atoms with E-state index in [2.05, 4.69) is 48.7 Å². The van der Waals surface area contributed by atoms with Gasteiger partial charge in [0.25, 0.3) is 0 Å². The number of hydrogen-bond acceptors (Lipinski definition) is 3. The normalized spacial score (nSPS) is 13.2. The molecule has 4 nitrogen and oxygen atoms in total. The van der Waals surface area contributed by atoms with Crippen LogP contribution in [-0.2, 0) is 13.3 Å². The Labute approximate surface area is 267 Å². The number of nitrogens with zero attached hydrogens (tertiary/aromatic N) is 1. The number of hydrogen-bond donors (Lipinski definition) is 0. The number of unbranched alkanes of at least 4 members (excludes halogenated alkanes) is 20. The minimum absolute atomic E-state index is 0.408. The average Bonchev–Trinajstić information content (AvgIpc) is 2.96. The van der Waals surface area contributed by atoms with Crippen molar-refractivity contribution in [1.29, 1.82) is 0 Å². The maximum absolute atomic E-state index is 6.45. The summed E-state index contributed by atoms with van der Waals surface area (Å²) < 4.78 is 20.4. The van der Waals surface area contributed by atoms with Gasteiger partial charge < -0.3 is 17.8 Å². The first-order chi connectivity index (χ1) is 20.4. The van der Waals surface area contributed by atoms with Crippen LogP contribution >= 0.6 is 0 Å². The van der Waals surface area contributed by atoms with Crippen LogP contribution in [-0.4, -0.2) is 60.3 Å². The lowest BCUT2D eigenvalue weighted by Gasteiger charge is -2.38. The highest BCUT2D eigenvalue weighted by molar-refractivity contribution is 6.62. The maximum Gasteiger partial charge on any atom is 0.504 e. The summed E-state index contributed by atoms with van der Waals surface area (Å²) in [5, 5.41) is 0. The average molecular weight is 615 g/mol. The van der Waals surface area contributed by atoms with Gasteiger partial charge in [-0.2, -0.15) is 0 Å². The van der Waals surface area contributed by atoms with Crippen LogP contribution in [0.1, 0.15) is 189 Å². The summed E-state index contributed by atoms with van der Waals surface area (Å²) in [5.74, 6) is 0. The lowest BCUT2D eigenvalue weighted by atomic mass is 10.0. The summed E-state index contributed by atoms with van der Waals surface area (Å²) in [7, 11) is 2.16. The van der Waals surface area contributed by atoms with Crippen LogP contribution in [0.2, 0.25) is 5.54 Å². The predicted molar refractivity (Wildman–Crippen MR) is 188 cm³/mol. The first-order valence-corrected chi connectivity index (χ1v) is 20.9. The Bertz CT molecular complexity index is 528. The van der Waals surface area contributed by atoms with Crippen LogP contribution in [0.3, 0.4) is 0 Å². The van der Waals surface area contributed by atoms with Crippen molar-refractivity contribution >= 4 is 8.80 Å². The summed E-state index contributed by atoms with van der Waals surface area (Å²) in [6.07, 6.45) is 33.1. The molecule has 0 aliphatic carbocycles. The topological polar surface area (TPSA) is 27.7 Å². The van der Waals surface area contributed by atoms with E-state index in [1.807, 2.05) is 0 Å². The molecule has 5 heteroatoms. The van der Waals surface area contributed by atoms with Gasteiger partial charge in [-0.25, -0.2) is 0 Å². The summed E-state index contributed by atoms with van der Waals surface area (Å²) in [5.41, 5.74) is 0.408. The lowest BCUT2D eigenvalue weighted by molar-refractivity contribution is -0.890. The van der Waals surface area contributed by atoms with Gasteiger partial charge >= 0.3 is 8.80 Å². The Balaban J connectivity index is 4.61. The monoisotopic (exact) mass is 615 g/mol. The van der Waals surface area contributed by atoms with Crippen molar-refractivity contribution in [1.82, 2.24) is 0 Å². The second-order valence-electron chi connectivity index (χ2n) is 13.6. The molecule has 1 unspecified atom stereocenters. The quantitative estimate of drug-likeness (QED) is 0.0410. The fraction of sp³-hybridized carbons (Fsp3) is 1.00. The van der Waals surface area contributed by atoms with E-state index in [0.717, 1.165) is 10.9 Å². The largest absolute Gasteiger partial charge is 0.504 e. The van der Waals surface area contributed by atoms with E-state index in [-0.39, 0.29) is 0 Å². The zero-order valence-corrected chi connectivity index (χ0v) is 31.3. The molecule has 0 rings (SSSR count). The van der Waals surface area contributed by atoms with Crippen LogP contribution in [0.15, 0.2) is 0 Å². The number of rotatable bonds is 34. The minimum Gasteiger partial charge on any atom is -0.374 e. The molecule has 0 radical (unpaired) electrons. The summed E-state index contributed by atoms with van der Waals surface area (Å²) >= 11 is 0. The van der Waals surface area contributed by atoms with Crippen molar-refractivity contribution in [3.05, 3.63) is 0 Å². The SMILES string of the molecule is CCCCCCCCCCCCCCC(CC[N+](C)(C)CCCCCCCCCCCC)[Si](OCC)(OCC)OCC. The molecule has 0 fully saturated rings. The predicted octanol–water partition coefficient (Wildman–Crippen LogP) is 11.9. The molecule has 0 heterocycles. The molecule has 0 aromatic carbocycles. The fourth-order valence-electron chi connectivity index (χ4n) is 6.46. The molecular formula is C37H80NO3Si+. The third-order valence-electron chi connectivity index (χ3n) is 9.14.